The third kappa shape index (κ3) is 47.5. The highest BCUT2D eigenvalue weighted by Gasteiger charge is 1.83. The highest BCUT2D eigenvalue weighted by Crippen LogP contribution is 1.67. The van der Waals surface area contributed by atoms with Gasteiger partial charge in [-0.25, -0.2) is 5.41 Å². The quantitative estimate of drug-likeness (QED) is 0.335. The topological polar surface area (TPSA) is 61.2 Å². The number of carboxylic acid groups (broad SMARTS) is 1. The number of nitrogens with one attached hydrogen (secondary N) is 1. The van der Waals surface area contributed by atoms with Gasteiger partial charge in [0.05, 0.1) is 5.16 Å². The lowest BCUT2D eigenvalue weighted by Crippen LogP contribution is -1.92. The lowest BCUT2D eigenvalue weighted by atomic mass is 10.8. The zero-order valence-electron chi connectivity index (χ0n) is 3.85. The van der Waals surface area contributed by atoms with Gasteiger partial charge in [0.2, 0.25) is 0 Å². The van der Waals surface area contributed by atoms with Crippen LogP contribution in [0.1, 0.15) is 0 Å². The zero-order valence-corrected chi connectivity index (χ0v) is 5.42. The Morgan fingerprint density at radius 1 is 2.00 bits per heavy atom. The molecule has 0 saturated carbocycles. The van der Waals surface area contributed by atoms with Gasteiger partial charge in [-0.2, -0.15) is 0 Å². The standard InChI is InChI=1S/C2H3ClO2.CHNS/c3-1-2(4)5;2-1-3/h1H2,(H,4,5);2H. The predicted molar refractivity (Wildman–Crippen MR) is 33.7 cm³/mol. The minimum absolute atomic E-state index is 0.306. The molecule has 0 aromatic heterocycles. The van der Waals surface area contributed by atoms with E-state index in [0.29, 0.717) is 0 Å². The molecule has 0 heterocycles. The van der Waals surface area contributed by atoms with Gasteiger partial charge in [0.1, 0.15) is 5.88 Å². The Labute approximate surface area is 56.8 Å². The lowest BCUT2D eigenvalue weighted by molar-refractivity contribution is -0.134. The van der Waals surface area contributed by atoms with E-state index in [-0.39, 0.29) is 5.88 Å². The van der Waals surface area contributed by atoms with Crippen LogP contribution in [-0.2, 0) is 4.79 Å². The Balaban J connectivity index is 0. The van der Waals surface area contributed by atoms with Gasteiger partial charge in [0.25, 0.3) is 0 Å². The Hall–Kier alpha value is -0.440. The number of halogens is 1. The van der Waals surface area contributed by atoms with Crippen molar-refractivity contribution in [2.24, 2.45) is 0 Å². The van der Waals surface area contributed by atoms with Gasteiger partial charge in [0, 0.05) is 0 Å². The molecule has 2 N–H and O–H groups in total. The van der Waals surface area contributed by atoms with Gasteiger partial charge < -0.3 is 5.11 Å². The fourth-order valence-electron chi connectivity index (χ4n) is 0. The minimum Gasteiger partial charge on any atom is -0.480 e. The molecule has 0 amide bonds. The van der Waals surface area contributed by atoms with Crippen LogP contribution in [0.25, 0.3) is 0 Å². The van der Waals surface area contributed by atoms with Crippen LogP contribution in [0.2, 0.25) is 0 Å². The average Bonchev–Trinajstić information content (AvgIpc) is 1.69. The van der Waals surface area contributed by atoms with E-state index >= 15 is 0 Å². The van der Waals surface area contributed by atoms with E-state index < -0.39 is 5.97 Å². The first-order valence-electron chi connectivity index (χ1n) is 1.50. The highest BCUT2D eigenvalue weighted by atomic mass is 35.5. The summed E-state index contributed by atoms with van der Waals surface area (Å²) in [5.41, 5.74) is 0. The van der Waals surface area contributed by atoms with Gasteiger partial charge in [-0.1, -0.05) is 0 Å². The summed E-state index contributed by atoms with van der Waals surface area (Å²) in [5.74, 6) is -1.29. The molecule has 0 aromatic carbocycles. The minimum atomic E-state index is -0.980. The first-order valence-corrected chi connectivity index (χ1v) is 2.45. The second kappa shape index (κ2) is 9.75. The van der Waals surface area contributed by atoms with Crippen LogP contribution in [0.4, 0.5) is 0 Å². The van der Waals surface area contributed by atoms with Gasteiger partial charge >= 0.3 is 5.97 Å². The van der Waals surface area contributed by atoms with E-state index in [1.807, 2.05) is 0 Å². The zero-order chi connectivity index (χ0) is 6.99. The molecule has 0 atom stereocenters. The molecule has 0 bridgehead atoms. The molecule has 5 heteroatoms. The second-order valence-corrected chi connectivity index (χ2v) is 1.10. The Morgan fingerprint density at radius 3 is 2.12 bits per heavy atom. The first kappa shape index (κ1) is 10.5. The number of hydrogen-bond donors (Lipinski definition) is 2. The van der Waals surface area contributed by atoms with Crippen molar-refractivity contribution in [2.75, 3.05) is 5.88 Å². The van der Waals surface area contributed by atoms with Crippen molar-refractivity contribution in [3.8, 4) is 0 Å². The van der Waals surface area contributed by atoms with Crippen molar-refractivity contribution in [1.82, 2.24) is 0 Å². The molecule has 3 nitrogen and oxygen atoms in total. The van der Waals surface area contributed by atoms with E-state index in [4.69, 9.17) is 22.1 Å². The number of rotatable bonds is 1. The first-order chi connectivity index (χ1) is 3.68. The van der Waals surface area contributed by atoms with Crippen LogP contribution in [0.5, 0.6) is 0 Å². The molecule has 0 rings (SSSR count). The van der Waals surface area contributed by atoms with Gasteiger partial charge in [-0.05, 0) is 12.2 Å². The summed E-state index contributed by atoms with van der Waals surface area (Å²) in [5, 5.41) is 14.9. The fraction of sp³-hybridized carbons (Fsp3) is 0.333. The van der Waals surface area contributed by atoms with Crippen LogP contribution in [-0.4, -0.2) is 22.1 Å². The summed E-state index contributed by atoms with van der Waals surface area (Å²) in [6, 6.07) is 0. The van der Waals surface area contributed by atoms with Crippen molar-refractivity contribution in [1.29, 1.82) is 5.41 Å². The summed E-state index contributed by atoms with van der Waals surface area (Å²) < 4.78 is 0. The van der Waals surface area contributed by atoms with Crippen LogP contribution in [0.3, 0.4) is 0 Å². The number of isothiocyanates is 1. The average molecular weight is 154 g/mol. The molecule has 0 saturated heterocycles. The lowest BCUT2D eigenvalue weighted by Gasteiger charge is -1.69. The van der Waals surface area contributed by atoms with Crippen molar-refractivity contribution in [2.45, 2.75) is 0 Å². The molecule has 0 aliphatic rings. The molecule has 0 fully saturated rings. The Bertz CT molecular complexity index is 99.5. The molecule has 0 aliphatic carbocycles. The van der Waals surface area contributed by atoms with Crippen LogP contribution in [0.15, 0.2) is 0 Å². The highest BCUT2D eigenvalue weighted by molar-refractivity contribution is 7.78. The number of alkyl halides is 1. The smallest absolute Gasteiger partial charge is 0.318 e. The third-order valence-electron chi connectivity index (χ3n) is 0.114. The summed E-state index contributed by atoms with van der Waals surface area (Å²) in [6.45, 7) is 0. The molecule has 8 heavy (non-hydrogen) atoms. The summed E-state index contributed by atoms with van der Waals surface area (Å²) >= 11 is 8.55. The monoisotopic (exact) mass is 153 g/mol. The number of thiocarbonyl (C=S) groups is 1. The molecule has 0 radical (unpaired) electrons. The van der Waals surface area contributed by atoms with Crippen molar-refractivity contribution >= 4 is 34.9 Å². The third-order valence-corrected chi connectivity index (χ3v) is 0.343. The van der Waals surface area contributed by atoms with E-state index in [1.54, 1.807) is 5.16 Å². The van der Waals surface area contributed by atoms with Crippen molar-refractivity contribution in [3.05, 3.63) is 0 Å². The number of carbonyl (C=O) groups is 1. The largest absolute Gasteiger partial charge is 0.480 e. The Morgan fingerprint density at radius 2 is 2.12 bits per heavy atom. The molecule has 0 aliphatic heterocycles. The number of aliphatic carboxylic acids is 1. The predicted octanol–water partition coefficient (Wildman–Crippen LogP) is 0.978. The maximum Gasteiger partial charge on any atom is 0.318 e. The maximum absolute atomic E-state index is 9.24. The SMILES string of the molecule is N=C=S.O=C(O)CCl. The van der Waals surface area contributed by atoms with Gasteiger partial charge in [-0.3, -0.25) is 4.79 Å². The summed E-state index contributed by atoms with van der Waals surface area (Å²) in [7, 11) is 0. The van der Waals surface area contributed by atoms with E-state index in [0.717, 1.165) is 0 Å². The molecule has 0 aromatic rings. The molecular formula is C3H4ClNO2S. The molecule has 46 valence electrons. The normalized spacial score (nSPS) is 5.62. The number of hydrogen-bond acceptors (Lipinski definition) is 3. The van der Waals surface area contributed by atoms with E-state index in [9.17, 15) is 4.79 Å². The fourth-order valence-corrected chi connectivity index (χ4v) is 0. The van der Waals surface area contributed by atoms with Crippen LogP contribution in [0, 0.1) is 5.41 Å². The molecular weight excluding hydrogens is 150 g/mol. The Kier molecular flexibility index (Phi) is 12.8. The maximum atomic E-state index is 9.24. The second-order valence-electron chi connectivity index (χ2n) is 0.629. The van der Waals surface area contributed by atoms with E-state index in [1.165, 1.54) is 0 Å². The van der Waals surface area contributed by atoms with Crippen molar-refractivity contribution < 1.29 is 9.90 Å². The number of carboxylic acids is 1. The van der Waals surface area contributed by atoms with E-state index in [2.05, 4.69) is 12.2 Å². The summed E-state index contributed by atoms with van der Waals surface area (Å²) in [6.07, 6.45) is 0. The van der Waals surface area contributed by atoms with Crippen LogP contribution < -0.4 is 0 Å². The van der Waals surface area contributed by atoms with Crippen molar-refractivity contribution in [3.63, 3.8) is 0 Å². The van der Waals surface area contributed by atoms with Gasteiger partial charge in [0.15, 0.2) is 0 Å². The van der Waals surface area contributed by atoms with Gasteiger partial charge in [-0.15, -0.1) is 11.6 Å². The van der Waals surface area contributed by atoms with Crippen LogP contribution >= 0.6 is 23.8 Å². The molecule has 0 spiro atoms. The molecule has 0 unspecified atom stereocenters. The summed E-state index contributed by atoms with van der Waals surface area (Å²) in [4.78, 5) is 9.24.